The van der Waals surface area contributed by atoms with Crippen LogP contribution in [0.25, 0.3) is 0 Å². The molecule has 20 heavy (non-hydrogen) atoms. The average Bonchev–Trinajstić information content (AvgIpc) is 3.17. The number of Topliss-reactive ketones (excluding diaryl/α,β-unsaturated/α-hetero) is 1. The number of hydrogen-bond donors (Lipinski definition) is 0. The Bertz CT molecular complexity index is 633. The first-order valence-electron chi connectivity index (χ1n) is 6.38. The molecule has 2 rings (SSSR count). The maximum Gasteiger partial charge on any atom is 0.283 e. The molecule has 0 aromatic heterocycles. The predicted molar refractivity (Wildman–Crippen MR) is 77.3 cm³/mol. The van der Waals surface area contributed by atoms with E-state index in [9.17, 15) is 13.2 Å². The van der Waals surface area contributed by atoms with Crippen LogP contribution >= 0.6 is 0 Å². The molecule has 0 N–H and O–H groups in total. The van der Waals surface area contributed by atoms with Crippen LogP contribution in [0, 0.1) is 5.92 Å². The van der Waals surface area contributed by atoms with E-state index < -0.39 is 10.0 Å². The Hall–Kier alpha value is -1.69. The quantitative estimate of drug-likeness (QED) is 0.612. The minimum absolute atomic E-state index is 0.101. The number of carbonyl (C=O) groups is 1. The first-order chi connectivity index (χ1) is 9.31. The highest BCUT2D eigenvalue weighted by atomic mass is 32.2. The fourth-order valence-electron chi connectivity index (χ4n) is 2.12. The van der Waals surface area contributed by atoms with Crippen LogP contribution in [0.2, 0.25) is 0 Å². The van der Waals surface area contributed by atoms with Crippen LogP contribution in [0.4, 0.5) is 0 Å². The molecule has 0 aliphatic heterocycles. The summed E-state index contributed by atoms with van der Waals surface area (Å²) >= 11 is 0. The van der Waals surface area contributed by atoms with Gasteiger partial charge in [-0.2, -0.15) is 8.42 Å². The number of sulfonamides is 1. The minimum atomic E-state index is -3.65. The van der Waals surface area contributed by atoms with Gasteiger partial charge in [-0.25, -0.2) is 0 Å². The minimum Gasteiger partial charge on any atom is -0.368 e. The largest absolute Gasteiger partial charge is 0.368 e. The van der Waals surface area contributed by atoms with E-state index in [2.05, 4.69) is 4.40 Å². The molecule has 5 nitrogen and oxygen atoms in total. The van der Waals surface area contributed by atoms with Gasteiger partial charge in [-0.3, -0.25) is 4.79 Å². The number of hydrogen-bond acceptors (Lipinski definition) is 3. The molecule has 1 aromatic carbocycles. The van der Waals surface area contributed by atoms with Crippen molar-refractivity contribution >= 4 is 22.1 Å². The van der Waals surface area contributed by atoms with Crippen molar-refractivity contribution in [2.75, 3.05) is 14.1 Å². The summed E-state index contributed by atoms with van der Waals surface area (Å²) in [4.78, 5) is 13.0. The molecule has 0 saturated heterocycles. The summed E-state index contributed by atoms with van der Waals surface area (Å²) in [5.41, 5.74) is 1.01. The highest BCUT2D eigenvalue weighted by Gasteiger charge is 2.41. The summed E-state index contributed by atoms with van der Waals surface area (Å²) in [5, 5.41) is 0. The molecule has 0 amide bonds. The van der Waals surface area contributed by atoms with Crippen LogP contribution < -0.4 is 0 Å². The van der Waals surface area contributed by atoms with Crippen molar-refractivity contribution in [1.29, 1.82) is 0 Å². The van der Waals surface area contributed by atoms with Gasteiger partial charge >= 0.3 is 0 Å². The van der Waals surface area contributed by atoms with Crippen LogP contribution in [0.5, 0.6) is 0 Å². The lowest BCUT2D eigenvalue weighted by molar-refractivity contribution is -0.118. The molecular weight excluding hydrogens is 276 g/mol. The third-order valence-corrected chi connectivity index (χ3v) is 4.58. The topological polar surface area (TPSA) is 66.8 Å². The lowest BCUT2D eigenvalue weighted by Crippen LogP contribution is -2.10. The SMILES string of the molecule is CC(=O)C1CC1c1ccc(S(=O)(=O)/N=C/N(C)C)cc1. The molecule has 0 spiro atoms. The second-order valence-electron chi connectivity index (χ2n) is 5.29. The van der Waals surface area contributed by atoms with Gasteiger partial charge in [0.15, 0.2) is 0 Å². The van der Waals surface area contributed by atoms with Crippen molar-refractivity contribution in [3.63, 3.8) is 0 Å². The van der Waals surface area contributed by atoms with E-state index in [4.69, 9.17) is 0 Å². The summed E-state index contributed by atoms with van der Waals surface area (Å²) in [6, 6.07) is 6.64. The lowest BCUT2D eigenvalue weighted by Gasteiger charge is -2.04. The molecule has 1 fully saturated rings. The van der Waals surface area contributed by atoms with E-state index in [0.29, 0.717) is 0 Å². The summed E-state index contributed by atoms with van der Waals surface area (Å²) in [5.74, 6) is 0.543. The number of nitrogens with zero attached hydrogens (tertiary/aromatic N) is 2. The van der Waals surface area contributed by atoms with Gasteiger partial charge in [0, 0.05) is 20.0 Å². The molecule has 2 atom stereocenters. The monoisotopic (exact) mass is 294 g/mol. The Morgan fingerprint density at radius 1 is 1.30 bits per heavy atom. The molecule has 108 valence electrons. The predicted octanol–water partition coefficient (Wildman–Crippen LogP) is 1.66. The summed E-state index contributed by atoms with van der Waals surface area (Å²) in [6.45, 7) is 1.60. The first kappa shape index (κ1) is 14.7. The zero-order chi connectivity index (χ0) is 14.9. The second kappa shape index (κ2) is 5.36. The van der Waals surface area contributed by atoms with E-state index in [1.165, 1.54) is 6.34 Å². The molecule has 1 aliphatic carbocycles. The van der Waals surface area contributed by atoms with Crippen molar-refractivity contribution in [3.05, 3.63) is 29.8 Å². The van der Waals surface area contributed by atoms with E-state index in [1.54, 1.807) is 50.2 Å². The summed E-state index contributed by atoms with van der Waals surface area (Å²) < 4.78 is 27.4. The number of rotatable bonds is 5. The number of carbonyl (C=O) groups excluding carboxylic acids is 1. The Morgan fingerprint density at radius 2 is 1.90 bits per heavy atom. The third kappa shape index (κ3) is 3.25. The van der Waals surface area contributed by atoms with Gasteiger partial charge < -0.3 is 4.90 Å². The van der Waals surface area contributed by atoms with Crippen molar-refractivity contribution in [1.82, 2.24) is 4.90 Å². The molecule has 6 heteroatoms. The smallest absolute Gasteiger partial charge is 0.283 e. The van der Waals surface area contributed by atoms with E-state index in [0.717, 1.165) is 12.0 Å². The molecule has 1 saturated carbocycles. The Morgan fingerprint density at radius 3 is 2.35 bits per heavy atom. The van der Waals surface area contributed by atoms with Crippen molar-refractivity contribution in [3.8, 4) is 0 Å². The number of ketones is 1. The lowest BCUT2D eigenvalue weighted by atomic mass is 10.1. The fourth-order valence-corrected chi connectivity index (χ4v) is 3.03. The van der Waals surface area contributed by atoms with E-state index >= 15 is 0 Å². The van der Waals surface area contributed by atoms with Gasteiger partial charge in [-0.15, -0.1) is 4.40 Å². The summed E-state index contributed by atoms with van der Waals surface area (Å²) in [6.07, 6.45) is 2.12. The Kier molecular flexibility index (Phi) is 3.94. The summed E-state index contributed by atoms with van der Waals surface area (Å²) in [7, 11) is -0.235. The molecule has 0 radical (unpaired) electrons. The van der Waals surface area contributed by atoms with Gasteiger partial charge in [-0.05, 0) is 37.0 Å². The van der Waals surface area contributed by atoms with Crippen LogP contribution in [0.3, 0.4) is 0 Å². The number of benzene rings is 1. The third-order valence-electron chi connectivity index (χ3n) is 3.34. The van der Waals surface area contributed by atoms with Crippen molar-refractivity contribution in [2.24, 2.45) is 10.3 Å². The van der Waals surface area contributed by atoms with Crippen LogP contribution in [-0.4, -0.2) is 39.5 Å². The van der Waals surface area contributed by atoms with Gasteiger partial charge in [0.25, 0.3) is 10.0 Å². The van der Waals surface area contributed by atoms with Gasteiger partial charge in [-0.1, -0.05) is 12.1 Å². The maximum atomic E-state index is 11.9. The van der Waals surface area contributed by atoms with E-state index in [1.807, 2.05) is 0 Å². The fraction of sp³-hybridized carbons (Fsp3) is 0.429. The molecular formula is C14H18N2O3S. The maximum absolute atomic E-state index is 11.9. The standard InChI is InChI=1S/C14H18N2O3S/c1-10(17)13-8-14(13)11-4-6-12(7-5-11)20(18,19)15-9-16(2)3/h4-7,9,13-14H,8H2,1-3H3/b15-9+. The Labute approximate surface area is 119 Å². The molecule has 1 aromatic rings. The molecule has 1 aliphatic rings. The van der Waals surface area contributed by atoms with Crippen molar-refractivity contribution in [2.45, 2.75) is 24.2 Å². The van der Waals surface area contributed by atoms with Crippen LogP contribution in [0.1, 0.15) is 24.8 Å². The molecule has 0 heterocycles. The highest BCUT2D eigenvalue weighted by molar-refractivity contribution is 7.90. The van der Waals surface area contributed by atoms with Crippen LogP contribution in [-0.2, 0) is 14.8 Å². The van der Waals surface area contributed by atoms with Crippen LogP contribution in [0.15, 0.2) is 33.6 Å². The zero-order valence-corrected chi connectivity index (χ0v) is 12.6. The molecule has 2 unspecified atom stereocenters. The van der Waals surface area contributed by atoms with Gasteiger partial charge in [0.1, 0.15) is 12.1 Å². The normalized spacial score (nSPS) is 21.9. The van der Waals surface area contributed by atoms with Crippen molar-refractivity contribution < 1.29 is 13.2 Å². The second-order valence-corrected chi connectivity index (χ2v) is 6.92. The van der Waals surface area contributed by atoms with Gasteiger partial charge in [0.2, 0.25) is 0 Å². The highest BCUT2D eigenvalue weighted by Crippen LogP contribution is 2.47. The molecule has 0 bridgehead atoms. The van der Waals surface area contributed by atoms with Gasteiger partial charge in [0.05, 0.1) is 4.90 Å². The Balaban J connectivity index is 2.15. The zero-order valence-electron chi connectivity index (χ0n) is 11.8. The first-order valence-corrected chi connectivity index (χ1v) is 7.82. The average molecular weight is 294 g/mol. The van der Waals surface area contributed by atoms with E-state index in [-0.39, 0.29) is 22.5 Å².